The number of carbonyl (C=O) groups excluding carboxylic acids is 1. The summed E-state index contributed by atoms with van der Waals surface area (Å²) in [4.78, 5) is 37.7. The highest BCUT2D eigenvalue weighted by atomic mass is 32.1. The Morgan fingerprint density at radius 2 is 1.86 bits per heavy atom. The zero-order valence-corrected chi connectivity index (χ0v) is 12.1. The summed E-state index contributed by atoms with van der Waals surface area (Å²) in [6, 6.07) is 1.98. The molecule has 7 nitrogen and oxygen atoms in total. The van der Waals surface area contributed by atoms with Crippen molar-refractivity contribution in [2.45, 2.75) is 13.0 Å². The minimum Gasteiger partial charge on any atom is -0.480 e. The Bertz CT molecular complexity index is 541. The van der Waals surface area contributed by atoms with E-state index in [1.54, 1.807) is 16.2 Å². The van der Waals surface area contributed by atoms with E-state index in [4.69, 9.17) is 10.2 Å². The SMILES string of the molecule is O=C(O)CN(CC(=O)O)CC(=O)N1CCc2sccc2C1. The molecule has 2 heterocycles. The molecule has 0 aliphatic carbocycles. The second-order valence-electron chi connectivity index (χ2n) is 4.87. The second kappa shape index (κ2) is 6.68. The van der Waals surface area contributed by atoms with Gasteiger partial charge in [0.2, 0.25) is 5.91 Å². The lowest BCUT2D eigenvalue weighted by Crippen LogP contribution is -2.45. The van der Waals surface area contributed by atoms with Gasteiger partial charge in [-0.25, -0.2) is 0 Å². The number of hydrogen-bond acceptors (Lipinski definition) is 5. The van der Waals surface area contributed by atoms with Crippen molar-refractivity contribution in [1.82, 2.24) is 9.80 Å². The van der Waals surface area contributed by atoms with Gasteiger partial charge in [0, 0.05) is 18.0 Å². The average Bonchev–Trinajstić information content (AvgIpc) is 2.83. The van der Waals surface area contributed by atoms with Crippen molar-refractivity contribution in [1.29, 1.82) is 0 Å². The average molecular weight is 312 g/mol. The lowest BCUT2D eigenvalue weighted by atomic mass is 10.1. The predicted molar refractivity (Wildman–Crippen MR) is 75.2 cm³/mol. The van der Waals surface area contributed by atoms with Gasteiger partial charge in [-0.05, 0) is 23.4 Å². The van der Waals surface area contributed by atoms with Crippen molar-refractivity contribution in [2.24, 2.45) is 0 Å². The molecule has 1 aromatic heterocycles. The maximum Gasteiger partial charge on any atom is 0.317 e. The summed E-state index contributed by atoms with van der Waals surface area (Å²) >= 11 is 1.67. The number of amides is 1. The summed E-state index contributed by atoms with van der Waals surface area (Å²) in [5, 5.41) is 19.5. The third-order valence-electron chi connectivity index (χ3n) is 3.24. The van der Waals surface area contributed by atoms with Gasteiger partial charge in [-0.2, -0.15) is 0 Å². The van der Waals surface area contributed by atoms with Crippen molar-refractivity contribution in [3.63, 3.8) is 0 Å². The third-order valence-corrected chi connectivity index (χ3v) is 4.26. The fraction of sp³-hybridized carbons (Fsp3) is 0.462. The van der Waals surface area contributed by atoms with Crippen LogP contribution in [-0.2, 0) is 27.3 Å². The van der Waals surface area contributed by atoms with E-state index in [0.29, 0.717) is 13.1 Å². The molecule has 8 heteroatoms. The molecular formula is C13H16N2O5S. The van der Waals surface area contributed by atoms with Crippen LogP contribution in [0.15, 0.2) is 11.4 Å². The molecule has 0 unspecified atom stereocenters. The van der Waals surface area contributed by atoms with Crippen LogP contribution in [-0.4, -0.2) is 64.0 Å². The van der Waals surface area contributed by atoms with Gasteiger partial charge in [0.25, 0.3) is 0 Å². The van der Waals surface area contributed by atoms with Gasteiger partial charge in [-0.1, -0.05) is 0 Å². The maximum absolute atomic E-state index is 12.2. The number of fused-ring (bicyclic) bond motifs is 1. The summed E-state index contributed by atoms with van der Waals surface area (Å²) in [5.74, 6) is -2.54. The van der Waals surface area contributed by atoms with E-state index in [1.807, 2.05) is 11.4 Å². The van der Waals surface area contributed by atoms with Crippen molar-refractivity contribution in [3.05, 3.63) is 21.9 Å². The molecule has 2 N–H and O–H groups in total. The Balaban J connectivity index is 1.95. The highest BCUT2D eigenvalue weighted by Gasteiger charge is 2.24. The lowest BCUT2D eigenvalue weighted by molar-refractivity contribution is -0.143. The second-order valence-corrected chi connectivity index (χ2v) is 5.87. The van der Waals surface area contributed by atoms with Crippen molar-refractivity contribution in [3.8, 4) is 0 Å². The molecule has 0 fully saturated rings. The molecule has 114 valence electrons. The maximum atomic E-state index is 12.2. The first kappa shape index (κ1) is 15.5. The molecule has 1 amide bonds. The Labute approximate surface area is 125 Å². The summed E-state index contributed by atoms with van der Waals surface area (Å²) < 4.78 is 0. The Morgan fingerprint density at radius 1 is 1.19 bits per heavy atom. The lowest BCUT2D eigenvalue weighted by Gasteiger charge is -2.29. The van der Waals surface area contributed by atoms with Crippen LogP contribution < -0.4 is 0 Å². The molecule has 0 bridgehead atoms. The van der Waals surface area contributed by atoms with Crippen LogP contribution in [0.25, 0.3) is 0 Å². The Hall–Kier alpha value is -1.93. The molecule has 0 saturated carbocycles. The topological polar surface area (TPSA) is 98.1 Å². The first-order chi connectivity index (χ1) is 9.95. The molecule has 2 rings (SSSR count). The normalized spacial score (nSPS) is 14.0. The van der Waals surface area contributed by atoms with Gasteiger partial charge < -0.3 is 15.1 Å². The van der Waals surface area contributed by atoms with Crippen LogP contribution in [0.4, 0.5) is 0 Å². The van der Waals surface area contributed by atoms with E-state index in [9.17, 15) is 14.4 Å². The van der Waals surface area contributed by atoms with Gasteiger partial charge in [-0.15, -0.1) is 11.3 Å². The third kappa shape index (κ3) is 4.27. The summed E-state index contributed by atoms with van der Waals surface area (Å²) in [7, 11) is 0. The number of thiophene rings is 1. The Kier molecular flexibility index (Phi) is 4.92. The zero-order valence-electron chi connectivity index (χ0n) is 11.3. The smallest absolute Gasteiger partial charge is 0.317 e. The molecule has 0 saturated heterocycles. The summed E-state index contributed by atoms with van der Waals surface area (Å²) in [5.41, 5.74) is 1.11. The highest BCUT2D eigenvalue weighted by Crippen LogP contribution is 2.23. The van der Waals surface area contributed by atoms with Crippen LogP contribution in [0.2, 0.25) is 0 Å². The summed E-state index contributed by atoms with van der Waals surface area (Å²) in [6.07, 6.45) is 0.788. The fourth-order valence-corrected chi connectivity index (χ4v) is 3.19. The molecule has 0 aromatic carbocycles. The van der Waals surface area contributed by atoms with E-state index in [-0.39, 0.29) is 12.5 Å². The van der Waals surface area contributed by atoms with E-state index >= 15 is 0 Å². The van der Waals surface area contributed by atoms with E-state index in [1.165, 1.54) is 4.88 Å². The molecule has 0 atom stereocenters. The first-order valence-corrected chi connectivity index (χ1v) is 7.32. The minimum absolute atomic E-state index is 0.196. The molecular weight excluding hydrogens is 296 g/mol. The van der Waals surface area contributed by atoms with E-state index in [0.717, 1.165) is 16.9 Å². The fourth-order valence-electron chi connectivity index (χ4n) is 2.30. The number of carboxylic acids is 2. The zero-order chi connectivity index (χ0) is 15.4. The number of carbonyl (C=O) groups is 3. The number of nitrogens with zero attached hydrogens (tertiary/aromatic N) is 2. The van der Waals surface area contributed by atoms with E-state index < -0.39 is 25.0 Å². The van der Waals surface area contributed by atoms with Crippen molar-refractivity contribution in [2.75, 3.05) is 26.2 Å². The largest absolute Gasteiger partial charge is 0.480 e. The molecule has 0 spiro atoms. The van der Waals surface area contributed by atoms with Gasteiger partial charge in [0.15, 0.2) is 0 Å². The molecule has 0 radical (unpaired) electrons. The Morgan fingerprint density at radius 3 is 2.48 bits per heavy atom. The summed E-state index contributed by atoms with van der Waals surface area (Å²) in [6.45, 7) is -0.0325. The quantitative estimate of drug-likeness (QED) is 0.773. The number of hydrogen-bond donors (Lipinski definition) is 2. The molecule has 21 heavy (non-hydrogen) atoms. The van der Waals surface area contributed by atoms with Gasteiger partial charge in [0.1, 0.15) is 0 Å². The van der Waals surface area contributed by atoms with Crippen LogP contribution in [0.1, 0.15) is 10.4 Å². The molecule has 1 aliphatic heterocycles. The van der Waals surface area contributed by atoms with Gasteiger partial charge in [0.05, 0.1) is 19.6 Å². The van der Waals surface area contributed by atoms with Gasteiger partial charge in [-0.3, -0.25) is 19.3 Å². The number of aliphatic carboxylic acids is 2. The van der Waals surface area contributed by atoms with Crippen LogP contribution in [0.5, 0.6) is 0 Å². The molecule has 1 aromatic rings. The van der Waals surface area contributed by atoms with Crippen molar-refractivity contribution < 1.29 is 24.6 Å². The highest BCUT2D eigenvalue weighted by molar-refractivity contribution is 7.10. The first-order valence-electron chi connectivity index (χ1n) is 6.44. The predicted octanol–water partition coefficient (Wildman–Crippen LogP) is 0.104. The standard InChI is InChI=1S/C13H16N2O5S/c16-11(6-14(7-12(17)18)8-13(19)20)15-3-1-10-9(5-15)2-4-21-10/h2,4H,1,3,5-8H2,(H,17,18)(H,19,20). The number of carboxylic acid groups (broad SMARTS) is 2. The van der Waals surface area contributed by atoms with Crippen LogP contribution in [0.3, 0.4) is 0 Å². The monoisotopic (exact) mass is 312 g/mol. The van der Waals surface area contributed by atoms with Crippen LogP contribution in [0, 0.1) is 0 Å². The van der Waals surface area contributed by atoms with Gasteiger partial charge >= 0.3 is 11.9 Å². The van der Waals surface area contributed by atoms with E-state index in [2.05, 4.69) is 0 Å². The minimum atomic E-state index is -1.15. The van der Waals surface area contributed by atoms with Crippen molar-refractivity contribution >= 4 is 29.2 Å². The number of rotatable bonds is 6. The molecule has 1 aliphatic rings. The van der Waals surface area contributed by atoms with Crippen LogP contribution >= 0.6 is 11.3 Å².